The summed E-state index contributed by atoms with van der Waals surface area (Å²) in [6, 6.07) is 15.2. The van der Waals surface area contributed by atoms with Crippen LogP contribution < -0.4 is 9.47 Å². The monoisotopic (exact) mass is 594 g/mol. The normalized spacial score (nSPS) is 23.4. The second kappa shape index (κ2) is 12.2. The molecule has 0 amide bonds. The number of ether oxygens (including phenoxy) is 2. The highest BCUT2D eigenvalue weighted by atomic mass is 19.4. The zero-order valence-electron chi connectivity index (χ0n) is 23.2. The third-order valence-corrected chi connectivity index (χ3v) is 8.76. The van der Waals surface area contributed by atoms with Gasteiger partial charge in [0.1, 0.15) is 11.6 Å². The van der Waals surface area contributed by atoms with E-state index in [0.717, 1.165) is 23.1 Å². The van der Waals surface area contributed by atoms with Crippen molar-refractivity contribution in [1.82, 2.24) is 0 Å². The van der Waals surface area contributed by atoms with Gasteiger partial charge in [-0.15, -0.1) is 13.2 Å². The summed E-state index contributed by atoms with van der Waals surface area (Å²) in [5.74, 6) is -3.70. The van der Waals surface area contributed by atoms with Crippen LogP contribution in [0.4, 0.5) is 30.7 Å². The van der Waals surface area contributed by atoms with Crippen molar-refractivity contribution in [2.24, 2.45) is 11.8 Å². The quantitative estimate of drug-likeness (QED) is 0.253. The molecule has 0 heterocycles. The Labute approximate surface area is 240 Å². The van der Waals surface area contributed by atoms with Crippen LogP contribution in [0.5, 0.6) is 11.5 Å². The summed E-state index contributed by atoms with van der Waals surface area (Å²) in [5, 5.41) is 0. The molecule has 2 nitrogen and oxygen atoms in total. The molecule has 0 radical (unpaired) electrons. The minimum absolute atomic E-state index is 0.0397. The van der Waals surface area contributed by atoms with Crippen molar-refractivity contribution in [2.45, 2.75) is 82.6 Å². The van der Waals surface area contributed by atoms with Gasteiger partial charge in [-0.1, -0.05) is 56.2 Å². The molecule has 0 atom stereocenters. The summed E-state index contributed by atoms with van der Waals surface area (Å²) < 4.78 is 104. The summed E-state index contributed by atoms with van der Waals surface area (Å²) in [5.41, 5.74) is 3.48. The predicted octanol–water partition coefficient (Wildman–Crippen LogP) is 10.8. The van der Waals surface area contributed by atoms with E-state index in [4.69, 9.17) is 4.74 Å². The van der Waals surface area contributed by atoms with E-state index in [1.54, 1.807) is 6.07 Å². The second-order valence-corrected chi connectivity index (χ2v) is 11.7. The molecule has 0 bridgehead atoms. The number of hydrogen-bond donors (Lipinski definition) is 0. The van der Waals surface area contributed by atoms with Gasteiger partial charge in [0.15, 0.2) is 11.6 Å². The van der Waals surface area contributed by atoms with Crippen LogP contribution in [0.15, 0.2) is 60.7 Å². The summed E-state index contributed by atoms with van der Waals surface area (Å²) >= 11 is 0. The molecule has 2 saturated carbocycles. The van der Waals surface area contributed by atoms with Gasteiger partial charge in [-0.2, -0.15) is 8.78 Å². The van der Waals surface area contributed by atoms with E-state index in [1.165, 1.54) is 37.3 Å². The van der Waals surface area contributed by atoms with E-state index in [0.29, 0.717) is 36.5 Å². The number of rotatable bonds is 7. The van der Waals surface area contributed by atoms with E-state index in [2.05, 4.69) is 23.8 Å². The maximum Gasteiger partial charge on any atom is 0.573 e. The lowest BCUT2D eigenvalue weighted by Crippen LogP contribution is -2.37. The summed E-state index contributed by atoms with van der Waals surface area (Å²) in [4.78, 5) is 0. The lowest BCUT2D eigenvalue weighted by atomic mass is 9.77. The molecule has 9 heteroatoms. The van der Waals surface area contributed by atoms with Crippen LogP contribution >= 0.6 is 0 Å². The standard InChI is InChI=1S/C33H33F7O2/c1-20-2-4-21(5-3-20)22-6-8-23(9-7-22)25-12-16-28(29(34)18-25)24-10-13-26(14-11-24)32(36,37)41-27-15-17-31(30(35)19-27)42-33(38,39)40/h6-9,12,15-21,24,26H,2-5,10-11,13-14H2,1H3. The topological polar surface area (TPSA) is 18.5 Å². The summed E-state index contributed by atoms with van der Waals surface area (Å²) in [6.45, 7) is 2.29. The average Bonchev–Trinajstić information content (AvgIpc) is 2.94. The Morgan fingerprint density at radius 2 is 1.24 bits per heavy atom. The molecule has 3 aromatic rings. The third-order valence-electron chi connectivity index (χ3n) is 8.76. The summed E-state index contributed by atoms with van der Waals surface area (Å²) in [7, 11) is 0. The Kier molecular flexibility index (Phi) is 8.76. The molecule has 2 fully saturated rings. The number of alkyl halides is 5. The van der Waals surface area contributed by atoms with Crippen LogP contribution in [0.3, 0.4) is 0 Å². The maximum absolute atomic E-state index is 15.2. The first-order valence-corrected chi connectivity index (χ1v) is 14.4. The fourth-order valence-electron chi connectivity index (χ4n) is 6.31. The van der Waals surface area contributed by atoms with Gasteiger partial charge in [0, 0.05) is 6.07 Å². The smallest absolute Gasteiger partial charge is 0.432 e. The van der Waals surface area contributed by atoms with E-state index in [1.807, 2.05) is 18.2 Å². The van der Waals surface area contributed by atoms with Crippen LogP contribution in [-0.4, -0.2) is 12.5 Å². The molecule has 226 valence electrons. The van der Waals surface area contributed by atoms with Gasteiger partial charge in [0.05, 0.1) is 5.92 Å². The Balaban J connectivity index is 1.18. The molecule has 0 aliphatic heterocycles. The van der Waals surface area contributed by atoms with Gasteiger partial charge in [-0.25, -0.2) is 8.78 Å². The van der Waals surface area contributed by atoms with Crippen molar-refractivity contribution in [3.63, 3.8) is 0 Å². The molecule has 3 aromatic carbocycles. The number of hydrogen-bond acceptors (Lipinski definition) is 2. The molecular weight excluding hydrogens is 561 g/mol. The minimum Gasteiger partial charge on any atom is -0.432 e. The Morgan fingerprint density at radius 1 is 0.619 bits per heavy atom. The first-order valence-electron chi connectivity index (χ1n) is 14.4. The first kappa shape index (κ1) is 30.2. The molecule has 0 aromatic heterocycles. The molecule has 2 aliphatic rings. The van der Waals surface area contributed by atoms with Crippen molar-refractivity contribution < 1.29 is 40.2 Å². The van der Waals surface area contributed by atoms with Crippen LogP contribution in [0.2, 0.25) is 0 Å². The van der Waals surface area contributed by atoms with Crippen LogP contribution in [-0.2, 0) is 0 Å². The van der Waals surface area contributed by atoms with Gasteiger partial charge >= 0.3 is 12.5 Å². The molecule has 0 N–H and O–H groups in total. The highest BCUT2D eigenvalue weighted by Gasteiger charge is 2.44. The lowest BCUT2D eigenvalue weighted by molar-refractivity contribution is -0.275. The summed E-state index contributed by atoms with van der Waals surface area (Å²) in [6.07, 6.45) is -3.25. The first-order chi connectivity index (χ1) is 19.9. The SMILES string of the molecule is CC1CCC(c2ccc(-c3ccc(C4CCC(C(F)(F)Oc5ccc(OC(F)(F)F)c(F)c5)CC4)c(F)c3)cc2)CC1. The number of halogens is 7. The Bertz CT molecular complexity index is 1350. The zero-order valence-corrected chi connectivity index (χ0v) is 23.2. The van der Waals surface area contributed by atoms with Crippen molar-refractivity contribution in [3.8, 4) is 22.6 Å². The van der Waals surface area contributed by atoms with Gasteiger partial charge in [0.25, 0.3) is 0 Å². The molecule has 5 rings (SSSR count). The minimum atomic E-state index is -5.12. The molecular formula is C33H33F7O2. The average molecular weight is 595 g/mol. The van der Waals surface area contributed by atoms with Gasteiger partial charge in [-0.3, -0.25) is 0 Å². The van der Waals surface area contributed by atoms with Crippen molar-refractivity contribution in [3.05, 3.63) is 83.4 Å². The second-order valence-electron chi connectivity index (χ2n) is 11.7. The fraction of sp³-hybridized carbons (Fsp3) is 0.455. The van der Waals surface area contributed by atoms with Crippen LogP contribution in [0.1, 0.15) is 81.3 Å². The molecule has 2 aliphatic carbocycles. The molecule has 0 unspecified atom stereocenters. The zero-order chi connectivity index (χ0) is 30.1. The van der Waals surface area contributed by atoms with Crippen molar-refractivity contribution >= 4 is 0 Å². The Morgan fingerprint density at radius 3 is 1.83 bits per heavy atom. The van der Waals surface area contributed by atoms with Crippen molar-refractivity contribution in [1.29, 1.82) is 0 Å². The molecule has 42 heavy (non-hydrogen) atoms. The highest BCUT2D eigenvalue weighted by Crippen LogP contribution is 2.44. The van der Waals surface area contributed by atoms with Gasteiger partial charge < -0.3 is 9.47 Å². The van der Waals surface area contributed by atoms with E-state index in [9.17, 15) is 26.3 Å². The van der Waals surface area contributed by atoms with Gasteiger partial charge in [0.2, 0.25) is 0 Å². The third kappa shape index (κ3) is 7.21. The fourth-order valence-corrected chi connectivity index (χ4v) is 6.31. The maximum atomic E-state index is 15.2. The largest absolute Gasteiger partial charge is 0.573 e. The molecule has 0 saturated heterocycles. The predicted molar refractivity (Wildman–Crippen MR) is 146 cm³/mol. The van der Waals surface area contributed by atoms with Crippen LogP contribution in [0.25, 0.3) is 11.1 Å². The van der Waals surface area contributed by atoms with E-state index in [-0.39, 0.29) is 24.6 Å². The lowest BCUT2D eigenvalue weighted by Gasteiger charge is -2.33. The number of benzene rings is 3. The van der Waals surface area contributed by atoms with Crippen molar-refractivity contribution in [2.75, 3.05) is 0 Å². The van der Waals surface area contributed by atoms with E-state index < -0.39 is 35.7 Å². The highest BCUT2D eigenvalue weighted by molar-refractivity contribution is 5.64. The molecule has 0 spiro atoms. The van der Waals surface area contributed by atoms with Gasteiger partial charge in [-0.05, 0) is 96.7 Å². The Hall–Kier alpha value is -3.23. The van der Waals surface area contributed by atoms with E-state index >= 15 is 4.39 Å². The van der Waals surface area contributed by atoms with Crippen LogP contribution in [0, 0.1) is 23.5 Å².